The highest BCUT2D eigenvalue weighted by Crippen LogP contribution is 2.29. The maximum atomic E-state index is 13.1. The first-order valence-corrected chi connectivity index (χ1v) is 5.71. The summed E-state index contributed by atoms with van der Waals surface area (Å²) < 4.78 is 18.7. The van der Waals surface area contributed by atoms with Crippen molar-refractivity contribution in [2.45, 2.75) is 12.8 Å². The third-order valence-corrected chi connectivity index (χ3v) is 3.18. The molecular weight excluding hydrogens is 205 g/mol. The van der Waals surface area contributed by atoms with Gasteiger partial charge in [-0.1, -0.05) is 0 Å². The lowest BCUT2D eigenvalue weighted by molar-refractivity contribution is 0.287. The highest BCUT2D eigenvalue weighted by Gasteiger charge is 2.19. The minimum Gasteiger partial charge on any atom is -0.487 e. The van der Waals surface area contributed by atoms with Crippen molar-refractivity contribution in [2.75, 3.05) is 19.7 Å². The summed E-state index contributed by atoms with van der Waals surface area (Å²) in [5.74, 6) is 0.575. The molecule has 1 fully saturated rings. The van der Waals surface area contributed by atoms with Crippen LogP contribution >= 0.6 is 0 Å². The fourth-order valence-electron chi connectivity index (χ4n) is 2.32. The molecule has 0 bridgehead atoms. The van der Waals surface area contributed by atoms with E-state index in [9.17, 15) is 4.39 Å². The summed E-state index contributed by atoms with van der Waals surface area (Å²) >= 11 is 0. The van der Waals surface area contributed by atoms with Crippen LogP contribution in [0.25, 0.3) is 6.08 Å². The molecule has 2 aliphatic heterocycles. The zero-order valence-electron chi connectivity index (χ0n) is 9.08. The van der Waals surface area contributed by atoms with Crippen LogP contribution in [0.5, 0.6) is 5.75 Å². The van der Waals surface area contributed by atoms with Crippen LogP contribution in [0.3, 0.4) is 0 Å². The van der Waals surface area contributed by atoms with Crippen LogP contribution < -0.4 is 4.74 Å². The molecule has 1 aromatic carbocycles. The summed E-state index contributed by atoms with van der Waals surface area (Å²) in [5.41, 5.74) is 2.03. The molecule has 84 valence electrons. The summed E-state index contributed by atoms with van der Waals surface area (Å²) in [7, 11) is 0. The Kier molecular flexibility index (Phi) is 2.31. The summed E-state index contributed by atoms with van der Waals surface area (Å²) in [6.45, 7) is 2.80. The summed E-state index contributed by atoms with van der Waals surface area (Å²) in [6.07, 6.45) is 4.54. The van der Waals surface area contributed by atoms with Gasteiger partial charge >= 0.3 is 0 Å². The van der Waals surface area contributed by atoms with Crippen molar-refractivity contribution in [3.8, 4) is 5.75 Å². The van der Waals surface area contributed by atoms with E-state index in [4.69, 9.17) is 4.74 Å². The molecule has 0 spiro atoms. The van der Waals surface area contributed by atoms with E-state index in [2.05, 4.69) is 4.90 Å². The first kappa shape index (κ1) is 9.70. The molecule has 2 nitrogen and oxygen atoms in total. The van der Waals surface area contributed by atoms with Gasteiger partial charge in [-0.15, -0.1) is 0 Å². The average Bonchev–Trinajstić information content (AvgIpc) is 2.81. The number of likely N-dealkylation sites (tertiary alicyclic amines) is 1. The number of benzene rings is 1. The molecule has 1 saturated heterocycles. The molecule has 0 amide bonds. The van der Waals surface area contributed by atoms with Gasteiger partial charge in [-0.2, -0.15) is 0 Å². The van der Waals surface area contributed by atoms with Gasteiger partial charge in [-0.25, -0.2) is 4.39 Å². The van der Waals surface area contributed by atoms with E-state index < -0.39 is 0 Å². The molecule has 2 heterocycles. The van der Waals surface area contributed by atoms with Crippen molar-refractivity contribution < 1.29 is 9.13 Å². The summed E-state index contributed by atoms with van der Waals surface area (Å²) in [6, 6.07) is 4.67. The van der Waals surface area contributed by atoms with Crippen molar-refractivity contribution in [3.05, 3.63) is 35.3 Å². The zero-order valence-corrected chi connectivity index (χ0v) is 9.08. The number of rotatable bonds is 1. The Bertz CT molecular complexity index is 436. The topological polar surface area (TPSA) is 12.5 Å². The van der Waals surface area contributed by atoms with Crippen LogP contribution in [0.4, 0.5) is 4.39 Å². The minimum atomic E-state index is -0.207. The molecule has 3 heteroatoms. The number of halogens is 1. The van der Waals surface area contributed by atoms with Gasteiger partial charge < -0.3 is 9.64 Å². The van der Waals surface area contributed by atoms with Gasteiger partial charge in [0.05, 0.1) is 5.70 Å². The Morgan fingerprint density at radius 1 is 1.19 bits per heavy atom. The van der Waals surface area contributed by atoms with Gasteiger partial charge in [0.25, 0.3) is 0 Å². The monoisotopic (exact) mass is 219 g/mol. The maximum absolute atomic E-state index is 13.1. The van der Waals surface area contributed by atoms with Crippen LogP contribution in [0.1, 0.15) is 18.4 Å². The van der Waals surface area contributed by atoms with Crippen LogP contribution in [0, 0.1) is 5.82 Å². The number of hydrogen-bond acceptors (Lipinski definition) is 2. The first-order chi connectivity index (χ1) is 7.83. The molecule has 0 radical (unpaired) electrons. The summed E-state index contributed by atoms with van der Waals surface area (Å²) in [4.78, 5) is 2.33. The number of fused-ring (bicyclic) bond motifs is 1. The van der Waals surface area contributed by atoms with Gasteiger partial charge in [-0.3, -0.25) is 0 Å². The highest BCUT2D eigenvalue weighted by molar-refractivity contribution is 5.61. The van der Waals surface area contributed by atoms with Gasteiger partial charge in [0.1, 0.15) is 18.2 Å². The van der Waals surface area contributed by atoms with Crippen molar-refractivity contribution in [1.29, 1.82) is 0 Å². The summed E-state index contributed by atoms with van der Waals surface area (Å²) in [5, 5.41) is 0. The van der Waals surface area contributed by atoms with Crippen molar-refractivity contribution >= 4 is 6.08 Å². The molecular formula is C13H14FNO. The Balaban J connectivity index is 1.93. The number of nitrogens with zero attached hydrogens (tertiary/aromatic N) is 1. The van der Waals surface area contributed by atoms with Gasteiger partial charge in [0.15, 0.2) is 0 Å². The van der Waals surface area contributed by atoms with Gasteiger partial charge in [-0.05, 0) is 37.1 Å². The molecule has 16 heavy (non-hydrogen) atoms. The molecule has 0 N–H and O–H groups in total. The van der Waals surface area contributed by atoms with Crippen LogP contribution in [-0.4, -0.2) is 24.6 Å². The smallest absolute Gasteiger partial charge is 0.128 e. The fraction of sp³-hybridized carbons (Fsp3) is 0.385. The van der Waals surface area contributed by atoms with Crippen LogP contribution in [0.2, 0.25) is 0 Å². The standard InChI is InChI=1S/C13H14FNO/c14-11-3-4-13-10(7-11)8-12(9-16-13)15-5-1-2-6-15/h3-4,7-8H,1-2,5-6,9H2. The lowest BCUT2D eigenvalue weighted by Gasteiger charge is -2.25. The quantitative estimate of drug-likeness (QED) is 0.720. The third kappa shape index (κ3) is 1.66. The molecule has 0 unspecified atom stereocenters. The second-order valence-electron chi connectivity index (χ2n) is 4.30. The number of hydrogen-bond donors (Lipinski definition) is 0. The Hall–Kier alpha value is -1.51. The van der Waals surface area contributed by atoms with Crippen LogP contribution in [-0.2, 0) is 0 Å². The maximum Gasteiger partial charge on any atom is 0.128 e. The SMILES string of the molecule is Fc1ccc2c(c1)C=C(N1CCCC1)CO2. The van der Waals surface area contributed by atoms with E-state index >= 15 is 0 Å². The number of ether oxygens (including phenoxy) is 1. The average molecular weight is 219 g/mol. The highest BCUT2D eigenvalue weighted by atomic mass is 19.1. The van der Waals surface area contributed by atoms with Crippen molar-refractivity contribution in [1.82, 2.24) is 4.90 Å². The van der Waals surface area contributed by atoms with Gasteiger partial charge in [0, 0.05) is 18.7 Å². The third-order valence-electron chi connectivity index (χ3n) is 3.18. The fourth-order valence-corrected chi connectivity index (χ4v) is 2.32. The Morgan fingerprint density at radius 2 is 2.00 bits per heavy atom. The lowest BCUT2D eigenvalue weighted by atomic mass is 10.1. The van der Waals surface area contributed by atoms with E-state index in [1.54, 1.807) is 6.07 Å². The van der Waals surface area contributed by atoms with E-state index in [-0.39, 0.29) is 5.82 Å². The molecule has 1 aromatic rings. The second kappa shape index (κ2) is 3.81. The lowest BCUT2D eigenvalue weighted by Crippen LogP contribution is -2.24. The van der Waals surface area contributed by atoms with E-state index in [1.807, 2.05) is 6.08 Å². The first-order valence-electron chi connectivity index (χ1n) is 5.71. The normalized spacial score (nSPS) is 19.1. The Labute approximate surface area is 94.3 Å². The van der Waals surface area contributed by atoms with Gasteiger partial charge in [0.2, 0.25) is 0 Å². The molecule has 2 aliphatic rings. The van der Waals surface area contributed by atoms with E-state index in [1.165, 1.54) is 30.7 Å². The van der Waals surface area contributed by atoms with E-state index in [0.717, 1.165) is 24.4 Å². The van der Waals surface area contributed by atoms with E-state index in [0.29, 0.717) is 6.61 Å². The second-order valence-corrected chi connectivity index (χ2v) is 4.30. The largest absolute Gasteiger partial charge is 0.487 e. The molecule has 0 saturated carbocycles. The molecule has 0 atom stereocenters. The zero-order chi connectivity index (χ0) is 11.0. The van der Waals surface area contributed by atoms with Crippen molar-refractivity contribution in [2.24, 2.45) is 0 Å². The minimum absolute atomic E-state index is 0.207. The Morgan fingerprint density at radius 3 is 2.81 bits per heavy atom. The predicted molar refractivity (Wildman–Crippen MR) is 60.7 cm³/mol. The molecule has 0 aromatic heterocycles. The molecule has 0 aliphatic carbocycles. The van der Waals surface area contributed by atoms with Crippen molar-refractivity contribution in [3.63, 3.8) is 0 Å². The molecule has 3 rings (SSSR count). The predicted octanol–water partition coefficient (Wildman–Crippen LogP) is 2.65. The van der Waals surface area contributed by atoms with Crippen LogP contribution in [0.15, 0.2) is 23.9 Å².